The molecule has 4 rings (SSSR count). The third kappa shape index (κ3) is 2.79. The first-order valence-electron chi connectivity index (χ1n) is 7.98. The van der Waals surface area contributed by atoms with Crippen LogP contribution < -0.4 is 4.74 Å². The number of alkyl halides is 1. The molecule has 3 heterocycles. The minimum atomic E-state index is -0.475. The second-order valence-electron chi connectivity index (χ2n) is 5.81. The Kier molecular flexibility index (Phi) is 3.69. The third-order valence-electron chi connectivity index (χ3n) is 4.30. The number of hydrogen-bond acceptors (Lipinski definition) is 3. The number of benzene rings is 1. The van der Waals surface area contributed by atoms with Gasteiger partial charge in [-0.2, -0.15) is 4.58 Å². The van der Waals surface area contributed by atoms with E-state index in [0.717, 1.165) is 24.4 Å². The number of fused-ring (bicyclic) bond motifs is 1. The first-order valence-corrected chi connectivity index (χ1v) is 7.98. The molecule has 0 radical (unpaired) electrons. The minimum Gasteiger partial charge on any atom is -0.491 e. The normalized spacial score (nSPS) is 22.0. The van der Waals surface area contributed by atoms with Crippen molar-refractivity contribution < 1.29 is 13.7 Å². The summed E-state index contributed by atoms with van der Waals surface area (Å²) in [5.74, 6) is 0.683. The van der Waals surface area contributed by atoms with Crippen molar-refractivity contribution in [1.29, 1.82) is 0 Å². The van der Waals surface area contributed by atoms with Crippen LogP contribution in [0.25, 0.3) is 0 Å². The van der Waals surface area contributed by atoms with Crippen LogP contribution in [0.4, 0.5) is 4.39 Å². The van der Waals surface area contributed by atoms with Gasteiger partial charge in [0.25, 0.3) is 6.17 Å². The van der Waals surface area contributed by atoms with Crippen LogP contribution in [0.5, 0.6) is 5.75 Å². The van der Waals surface area contributed by atoms with Gasteiger partial charge in [-0.1, -0.05) is 0 Å². The van der Waals surface area contributed by atoms with E-state index in [1.165, 1.54) is 12.1 Å². The fraction of sp³-hybridized carbons (Fsp3) is 0.333. The second kappa shape index (κ2) is 5.99. The molecule has 5 heteroatoms. The van der Waals surface area contributed by atoms with Crippen molar-refractivity contribution in [2.45, 2.75) is 12.6 Å². The van der Waals surface area contributed by atoms with E-state index in [9.17, 15) is 4.39 Å². The molecule has 0 N–H and O–H groups in total. The predicted molar refractivity (Wildman–Crippen MR) is 88.0 cm³/mol. The van der Waals surface area contributed by atoms with Gasteiger partial charge in [0.1, 0.15) is 24.7 Å². The van der Waals surface area contributed by atoms with E-state index < -0.39 is 6.67 Å². The fourth-order valence-corrected chi connectivity index (χ4v) is 2.90. The molecule has 1 aromatic rings. The zero-order valence-corrected chi connectivity index (χ0v) is 12.9. The van der Waals surface area contributed by atoms with Gasteiger partial charge in [0, 0.05) is 36.5 Å². The van der Waals surface area contributed by atoms with Gasteiger partial charge in [0.2, 0.25) is 0 Å². The Balaban J connectivity index is 1.51. The molecule has 1 atom stereocenters. The zero-order chi connectivity index (χ0) is 15.6. The molecule has 0 spiro atoms. The quantitative estimate of drug-likeness (QED) is 0.781. The summed E-state index contributed by atoms with van der Waals surface area (Å²) in [4.78, 5) is 7.17. The second-order valence-corrected chi connectivity index (χ2v) is 5.81. The van der Waals surface area contributed by atoms with Gasteiger partial charge in [-0.3, -0.25) is 0 Å². The number of nitrogens with zero attached hydrogens (tertiary/aromatic N) is 3. The summed E-state index contributed by atoms with van der Waals surface area (Å²) in [5.41, 5.74) is 3.27. The van der Waals surface area contributed by atoms with Gasteiger partial charge in [0.05, 0.1) is 0 Å². The zero-order valence-electron chi connectivity index (χ0n) is 12.9. The van der Waals surface area contributed by atoms with Gasteiger partial charge in [-0.25, -0.2) is 9.38 Å². The van der Waals surface area contributed by atoms with Crippen LogP contribution in [0.2, 0.25) is 0 Å². The first kappa shape index (κ1) is 14.2. The average molecular weight is 312 g/mol. The molecule has 0 saturated carbocycles. The highest BCUT2D eigenvalue weighted by atomic mass is 19.1. The Labute approximate surface area is 134 Å². The molecule has 0 bridgehead atoms. The van der Waals surface area contributed by atoms with Crippen LogP contribution in [-0.4, -0.2) is 53.9 Å². The van der Waals surface area contributed by atoms with E-state index in [1.807, 2.05) is 24.3 Å². The number of aliphatic imine (C=N–C) groups is 1. The molecule has 23 heavy (non-hydrogen) atoms. The molecule has 1 saturated heterocycles. The SMILES string of the molecule is FCCOc1ccc(C2=NC3C=C(N4CCC4)C=C[N+]3=C2)cc1. The lowest BCUT2D eigenvalue weighted by Crippen LogP contribution is -2.37. The predicted octanol–water partition coefficient (Wildman–Crippen LogP) is 2.36. The lowest BCUT2D eigenvalue weighted by molar-refractivity contribution is -0.476. The highest BCUT2D eigenvalue weighted by molar-refractivity contribution is 6.37. The van der Waals surface area contributed by atoms with Gasteiger partial charge in [-0.15, -0.1) is 0 Å². The number of ether oxygens (including phenoxy) is 1. The van der Waals surface area contributed by atoms with E-state index in [0.29, 0.717) is 5.75 Å². The van der Waals surface area contributed by atoms with E-state index in [2.05, 4.69) is 34.0 Å². The van der Waals surface area contributed by atoms with Crippen molar-refractivity contribution in [3.63, 3.8) is 0 Å². The van der Waals surface area contributed by atoms with Crippen LogP contribution in [0.1, 0.15) is 12.0 Å². The summed E-state index contributed by atoms with van der Waals surface area (Å²) >= 11 is 0. The largest absolute Gasteiger partial charge is 0.491 e. The standard InChI is InChI=1S/C18H19FN3O/c19-7-11-23-16-4-2-14(3-5-16)17-13-22-10-6-15(12-18(22)20-17)21-8-1-9-21/h2-6,10,12-13,18H,1,7-9,11H2/q+1. The van der Waals surface area contributed by atoms with Crippen LogP contribution in [0.3, 0.4) is 0 Å². The van der Waals surface area contributed by atoms with E-state index in [1.54, 1.807) is 0 Å². The van der Waals surface area contributed by atoms with Crippen molar-refractivity contribution in [3.8, 4) is 5.75 Å². The van der Waals surface area contributed by atoms with Gasteiger partial charge in [-0.05, 0) is 30.7 Å². The van der Waals surface area contributed by atoms with Crippen LogP contribution >= 0.6 is 0 Å². The molecular weight excluding hydrogens is 293 g/mol. The van der Waals surface area contributed by atoms with Crippen LogP contribution in [0, 0.1) is 0 Å². The molecule has 1 aromatic carbocycles. The maximum absolute atomic E-state index is 12.1. The van der Waals surface area contributed by atoms with Crippen molar-refractivity contribution in [1.82, 2.24) is 4.90 Å². The van der Waals surface area contributed by atoms with Crippen LogP contribution in [-0.2, 0) is 0 Å². The van der Waals surface area contributed by atoms with Gasteiger partial charge in [0.15, 0.2) is 12.4 Å². The van der Waals surface area contributed by atoms with Crippen molar-refractivity contribution >= 4 is 11.9 Å². The Hall–Kier alpha value is -2.43. The minimum absolute atomic E-state index is 0.0491. The molecule has 3 aliphatic heterocycles. The number of halogens is 1. The maximum atomic E-state index is 12.1. The molecule has 0 aromatic heterocycles. The monoisotopic (exact) mass is 312 g/mol. The Morgan fingerprint density at radius 3 is 2.78 bits per heavy atom. The number of likely N-dealkylation sites (tertiary alicyclic amines) is 1. The van der Waals surface area contributed by atoms with E-state index in [4.69, 9.17) is 9.73 Å². The topological polar surface area (TPSA) is 27.8 Å². The fourth-order valence-electron chi connectivity index (χ4n) is 2.90. The Morgan fingerprint density at radius 1 is 1.26 bits per heavy atom. The lowest BCUT2D eigenvalue weighted by Gasteiger charge is -2.34. The molecule has 0 amide bonds. The maximum Gasteiger partial charge on any atom is 0.273 e. The summed E-state index contributed by atoms with van der Waals surface area (Å²) < 4.78 is 19.5. The van der Waals surface area contributed by atoms with Crippen molar-refractivity contribution in [2.75, 3.05) is 26.4 Å². The summed E-state index contributed by atoms with van der Waals surface area (Å²) in [6.07, 6.45) is 9.83. The average Bonchev–Trinajstić information content (AvgIpc) is 2.95. The molecule has 118 valence electrons. The number of allylic oxidation sites excluding steroid dienone is 1. The van der Waals surface area contributed by atoms with E-state index >= 15 is 0 Å². The number of rotatable bonds is 5. The summed E-state index contributed by atoms with van der Waals surface area (Å²) in [6, 6.07) is 7.64. The molecular formula is C18H19FN3O+. The number of hydrogen-bond donors (Lipinski definition) is 0. The molecule has 0 aliphatic carbocycles. The van der Waals surface area contributed by atoms with Gasteiger partial charge >= 0.3 is 0 Å². The Morgan fingerprint density at radius 2 is 2.09 bits per heavy atom. The van der Waals surface area contributed by atoms with Gasteiger partial charge < -0.3 is 9.64 Å². The molecule has 3 aliphatic rings. The summed E-state index contributed by atoms with van der Waals surface area (Å²) in [7, 11) is 0. The van der Waals surface area contributed by atoms with E-state index in [-0.39, 0.29) is 12.8 Å². The molecule has 4 nitrogen and oxygen atoms in total. The van der Waals surface area contributed by atoms with Crippen molar-refractivity contribution in [3.05, 3.63) is 53.9 Å². The lowest BCUT2D eigenvalue weighted by atomic mass is 10.1. The van der Waals surface area contributed by atoms with Crippen molar-refractivity contribution in [2.24, 2.45) is 4.99 Å². The van der Waals surface area contributed by atoms with Crippen LogP contribution in [0.15, 0.2) is 53.3 Å². The highest BCUT2D eigenvalue weighted by Crippen LogP contribution is 2.23. The summed E-state index contributed by atoms with van der Waals surface area (Å²) in [5, 5.41) is 0. The molecule has 1 fully saturated rings. The Bertz CT molecular complexity index is 714. The smallest absolute Gasteiger partial charge is 0.273 e. The molecule has 1 unspecified atom stereocenters. The first-order chi connectivity index (χ1) is 11.3. The third-order valence-corrected chi connectivity index (χ3v) is 4.30. The summed E-state index contributed by atoms with van der Waals surface area (Å²) in [6.45, 7) is 1.90. The highest BCUT2D eigenvalue weighted by Gasteiger charge is 2.30.